The summed E-state index contributed by atoms with van der Waals surface area (Å²) in [6, 6.07) is 6.44. The third-order valence-corrected chi connectivity index (χ3v) is 3.41. The van der Waals surface area contributed by atoms with Crippen LogP contribution in [0.1, 0.15) is 17.3 Å². The summed E-state index contributed by atoms with van der Waals surface area (Å²) in [5, 5.41) is 2.74. The summed E-state index contributed by atoms with van der Waals surface area (Å²) < 4.78 is 5.32. The van der Waals surface area contributed by atoms with E-state index < -0.39 is 6.04 Å². The molecule has 1 atom stereocenters. The fourth-order valence-corrected chi connectivity index (χ4v) is 2.39. The molecule has 0 aromatic heterocycles. The van der Waals surface area contributed by atoms with Crippen molar-refractivity contribution >= 4 is 24.4 Å². The summed E-state index contributed by atoms with van der Waals surface area (Å²) in [6.45, 7) is 3.47. The Kier molecular flexibility index (Phi) is 5.03. The Labute approximate surface area is 123 Å². The van der Waals surface area contributed by atoms with Gasteiger partial charge < -0.3 is 15.0 Å². The van der Waals surface area contributed by atoms with E-state index in [-0.39, 0.29) is 18.4 Å². The first-order valence-electron chi connectivity index (χ1n) is 6.59. The summed E-state index contributed by atoms with van der Waals surface area (Å²) in [4.78, 5) is 26.8. The highest BCUT2D eigenvalue weighted by molar-refractivity contribution is 7.80. The van der Waals surface area contributed by atoms with Crippen LogP contribution in [0.15, 0.2) is 29.2 Å². The lowest BCUT2D eigenvalue weighted by molar-refractivity contribution is -0.130. The zero-order valence-electron chi connectivity index (χ0n) is 11.3. The zero-order valence-corrected chi connectivity index (χ0v) is 12.2. The molecule has 1 N–H and O–H groups in total. The van der Waals surface area contributed by atoms with Gasteiger partial charge in [0.2, 0.25) is 5.91 Å². The van der Waals surface area contributed by atoms with Gasteiger partial charge in [-0.05, 0) is 25.1 Å². The van der Waals surface area contributed by atoms with Crippen molar-refractivity contribution in [1.82, 2.24) is 10.2 Å². The van der Waals surface area contributed by atoms with Crippen molar-refractivity contribution in [2.45, 2.75) is 17.9 Å². The first-order chi connectivity index (χ1) is 9.63. The number of morpholine rings is 1. The number of rotatable bonds is 3. The molecule has 1 aromatic rings. The van der Waals surface area contributed by atoms with E-state index in [0.29, 0.717) is 25.3 Å². The molecule has 0 bridgehead atoms. The quantitative estimate of drug-likeness (QED) is 0.816. The number of carbonyl (C=O) groups excluding carboxylic acids is 2. The number of benzene rings is 1. The van der Waals surface area contributed by atoms with Crippen LogP contribution in [0.2, 0.25) is 0 Å². The molecule has 1 fully saturated rings. The largest absolute Gasteiger partial charge is 0.377 e. The van der Waals surface area contributed by atoms with Gasteiger partial charge in [0.05, 0.1) is 13.2 Å². The van der Waals surface area contributed by atoms with Crippen LogP contribution in [0.25, 0.3) is 0 Å². The Morgan fingerprint density at radius 3 is 3.00 bits per heavy atom. The Morgan fingerprint density at radius 2 is 2.30 bits per heavy atom. The molecule has 108 valence electrons. The highest BCUT2D eigenvalue weighted by Crippen LogP contribution is 2.15. The van der Waals surface area contributed by atoms with Gasteiger partial charge in [0, 0.05) is 23.5 Å². The molecular weight excluding hydrogens is 276 g/mol. The summed E-state index contributed by atoms with van der Waals surface area (Å²) in [6.07, 6.45) is 0. The minimum absolute atomic E-state index is 0.166. The smallest absolute Gasteiger partial charge is 0.254 e. The molecule has 0 radical (unpaired) electrons. The first-order valence-corrected chi connectivity index (χ1v) is 7.03. The molecule has 6 heteroatoms. The van der Waals surface area contributed by atoms with Gasteiger partial charge in [-0.2, -0.15) is 0 Å². The van der Waals surface area contributed by atoms with Gasteiger partial charge in [-0.15, -0.1) is 12.6 Å². The average Bonchev–Trinajstić information content (AvgIpc) is 2.47. The summed E-state index contributed by atoms with van der Waals surface area (Å²) >= 11 is 4.23. The third-order valence-electron chi connectivity index (χ3n) is 3.14. The predicted molar refractivity (Wildman–Crippen MR) is 78.0 cm³/mol. The zero-order chi connectivity index (χ0) is 14.5. The van der Waals surface area contributed by atoms with Gasteiger partial charge in [-0.1, -0.05) is 6.07 Å². The van der Waals surface area contributed by atoms with E-state index in [1.165, 1.54) is 0 Å². The van der Waals surface area contributed by atoms with E-state index in [1.807, 2.05) is 6.92 Å². The van der Waals surface area contributed by atoms with Crippen LogP contribution >= 0.6 is 12.6 Å². The molecule has 20 heavy (non-hydrogen) atoms. The van der Waals surface area contributed by atoms with Crippen molar-refractivity contribution in [2.24, 2.45) is 0 Å². The van der Waals surface area contributed by atoms with Crippen molar-refractivity contribution in [3.05, 3.63) is 29.8 Å². The first kappa shape index (κ1) is 14.9. The molecular formula is C14H18N2O3S. The standard InChI is InChI=1S/C14H18N2O3S/c1-2-15-13(17)12-9-19-7-6-16(12)14(18)10-4-3-5-11(20)8-10/h3-5,8,12,20H,2,6-7,9H2,1H3,(H,15,17). The van der Waals surface area contributed by atoms with Crippen LogP contribution in [0.5, 0.6) is 0 Å². The average molecular weight is 294 g/mol. The number of carbonyl (C=O) groups is 2. The lowest BCUT2D eigenvalue weighted by Crippen LogP contribution is -2.55. The Balaban J connectivity index is 2.19. The van der Waals surface area contributed by atoms with E-state index in [9.17, 15) is 9.59 Å². The lowest BCUT2D eigenvalue weighted by Gasteiger charge is -2.34. The van der Waals surface area contributed by atoms with Crippen LogP contribution in [-0.2, 0) is 9.53 Å². The summed E-state index contributed by atoms with van der Waals surface area (Å²) in [7, 11) is 0. The lowest BCUT2D eigenvalue weighted by atomic mass is 10.1. The van der Waals surface area contributed by atoms with Crippen molar-refractivity contribution < 1.29 is 14.3 Å². The molecule has 1 saturated heterocycles. The summed E-state index contributed by atoms with van der Waals surface area (Å²) in [5.41, 5.74) is 0.536. The fourth-order valence-electron chi connectivity index (χ4n) is 2.16. The maximum atomic E-state index is 12.5. The molecule has 1 heterocycles. The van der Waals surface area contributed by atoms with Crippen molar-refractivity contribution in [1.29, 1.82) is 0 Å². The minimum Gasteiger partial charge on any atom is -0.377 e. The number of ether oxygens (including phenoxy) is 1. The van der Waals surface area contributed by atoms with Crippen LogP contribution in [0.3, 0.4) is 0 Å². The van der Waals surface area contributed by atoms with Gasteiger partial charge in [0.1, 0.15) is 6.04 Å². The number of likely N-dealkylation sites (N-methyl/N-ethyl adjacent to an activating group) is 1. The number of hydrogen-bond donors (Lipinski definition) is 2. The number of hydrogen-bond acceptors (Lipinski definition) is 4. The predicted octanol–water partition coefficient (Wildman–Crippen LogP) is 0.952. The number of thiol groups is 1. The minimum atomic E-state index is -0.570. The fraction of sp³-hybridized carbons (Fsp3) is 0.429. The van der Waals surface area contributed by atoms with Crippen LogP contribution in [0.4, 0.5) is 0 Å². The van der Waals surface area contributed by atoms with Crippen molar-refractivity contribution in [2.75, 3.05) is 26.3 Å². The highest BCUT2D eigenvalue weighted by atomic mass is 32.1. The molecule has 0 spiro atoms. The second kappa shape index (κ2) is 6.76. The van der Waals surface area contributed by atoms with E-state index in [4.69, 9.17) is 4.74 Å². The second-order valence-electron chi connectivity index (χ2n) is 4.53. The Hall–Kier alpha value is -1.53. The maximum Gasteiger partial charge on any atom is 0.254 e. The SMILES string of the molecule is CCNC(=O)C1COCCN1C(=O)c1cccc(S)c1. The molecule has 0 saturated carbocycles. The van der Waals surface area contributed by atoms with Gasteiger partial charge in [-0.25, -0.2) is 0 Å². The topological polar surface area (TPSA) is 58.6 Å². The van der Waals surface area contributed by atoms with Gasteiger partial charge in [-0.3, -0.25) is 9.59 Å². The van der Waals surface area contributed by atoms with E-state index in [0.717, 1.165) is 4.90 Å². The van der Waals surface area contributed by atoms with Crippen LogP contribution in [-0.4, -0.2) is 49.1 Å². The molecule has 2 rings (SSSR count). The molecule has 1 aromatic carbocycles. The second-order valence-corrected chi connectivity index (χ2v) is 5.05. The maximum absolute atomic E-state index is 12.5. The molecule has 1 aliphatic heterocycles. The van der Waals surface area contributed by atoms with E-state index >= 15 is 0 Å². The number of amides is 2. The van der Waals surface area contributed by atoms with Gasteiger partial charge >= 0.3 is 0 Å². The van der Waals surface area contributed by atoms with Gasteiger partial charge in [0.25, 0.3) is 5.91 Å². The molecule has 1 aliphatic rings. The Morgan fingerprint density at radius 1 is 1.50 bits per heavy atom. The highest BCUT2D eigenvalue weighted by Gasteiger charge is 2.33. The molecule has 1 unspecified atom stereocenters. The van der Waals surface area contributed by atoms with Crippen LogP contribution < -0.4 is 5.32 Å². The molecule has 2 amide bonds. The van der Waals surface area contributed by atoms with Crippen LogP contribution in [0, 0.1) is 0 Å². The normalized spacial score (nSPS) is 18.7. The van der Waals surface area contributed by atoms with Crippen molar-refractivity contribution in [3.63, 3.8) is 0 Å². The third kappa shape index (κ3) is 3.32. The van der Waals surface area contributed by atoms with E-state index in [1.54, 1.807) is 29.2 Å². The number of nitrogens with one attached hydrogen (secondary N) is 1. The molecule has 0 aliphatic carbocycles. The molecule has 5 nitrogen and oxygen atoms in total. The van der Waals surface area contributed by atoms with Crippen molar-refractivity contribution in [3.8, 4) is 0 Å². The monoisotopic (exact) mass is 294 g/mol. The van der Waals surface area contributed by atoms with E-state index in [2.05, 4.69) is 17.9 Å². The van der Waals surface area contributed by atoms with Gasteiger partial charge in [0.15, 0.2) is 0 Å². The Bertz CT molecular complexity index is 507. The number of nitrogens with zero attached hydrogens (tertiary/aromatic N) is 1. The summed E-state index contributed by atoms with van der Waals surface area (Å²) in [5.74, 6) is -0.344.